The second-order valence-corrected chi connectivity index (χ2v) is 10.4. The average Bonchev–Trinajstić information content (AvgIpc) is 2.82. The highest BCUT2D eigenvalue weighted by atomic mass is 19.4. The number of aryl methyl sites for hydroxylation is 2. The molecule has 0 aromatic heterocycles. The van der Waals surface area contributed by atoms with E-state index in [0.29, 0.717) is 11.5 Å². The number of aliphatic hydroxyl groups is 1. The second kappa shape index (κ2) is 12.6. The number of carbonyl (C=O) groups is 1. The molecular formula is C31H36F3NO3. The van der Waals surface area contributed by atoms with Crippen LogP contribution in [0.2, 0.25) is 0 Å². The normalized spacial score (nSPS) is 13.5. The third kappa shape index (κ3) is 7.92. The van der Waals surface area contributed by atoms with Crippen molar-refractivity contribution in [3.05, 3.63) is 94.0 Å². The number of nitrogens with one attached hydrogen (secondary N) is 1. The molecule has 7 heteroatoms. The molecule has 204 valence electrons. The van der Waals surface area contributed by atoms with E-state index in [9.17, 15) is 23.1 Å². The van der Waals surface area contributed by atoms with Crippen LogP contribution in [0.1, 0.15) is 72.2 Å². The standard InChI is InChI=1S/C31H36F3NO3/c1-19(2)15-26(23-5-7-25(8-6-23)30(38)35-14-13-28(36)37)18-22-16-20(3)29(21(4)17-22)24-9-11-27(12-10-24)31(32,33)34/h5-12,16-17,19,26,30,35,38H,13-15,18H2,1-4H3,(H,36,37). The van der Waals surface area contributed by atoms with E-state index in [-0.39, 0.29) is 18.9 Å². The van der Waals surface area contributed by atoms with Gasteiger partial charge < -0.3 is 10.2 Å². The van der Waals surface area contributed by atoms with Crippen LogP contribution in [0.25, 0.3) is 11.1 Å². The van der Waals surface area contributed by atoms with Gasteiger partial charge in [0.05, 0.1) is 12.0 Å². The van der Waals surface area contributed by atoms with Crippen LogP contribution in [-0.4, -0.2) is 22.7 Å². The van der Waals surface area contributed by atoms with Gasteiger partial charge in [0.15, 0.2) is 0 Å². The molecule has 0 aliphatic carbocycles. The van der Waals surface area contributed by atoms with Gasteiger partial charge in [-0.2, -0.15) is 13.2 Å². The number of hydrogen-bond acceptors (Lipinski definition) is 3. The van der Waals surface area contributed by atoms with Crippen LogP contribution in [0.15, 0.2) is 60.7 Å². The zero-order valence-electron chi connectivity index (χ0n) is 22.3. The topological polar surface area (TPSA) is 69.6 Å². The number of hydrogen-bond donors (Lipinski definition) is 3. The summed E-state index contributed by atoms with van der Waals surface area (Å²) in [6, 6.07) is 17.3. The number of benzene rings is 3. The lowest BCUT2D eigenvalue weighted by Crippen LogP contribution is -2.23. The summed E-state index contributed by atoms with van der Waals surface area (Å²) in [7, 11) is 0. The number of aliphatic hydroxyl groups excluding tert-OH is 1. The van der Waals surface area contributed by atoms with E-state index < -0.39 is 23.9 Å². The first-order valence-corrected chi connectivity index (χ1v) is 12.9. The van der Waals surface area contributed by atoms with Crippen molar-refractivity contribution in [2.45, 2.75) is 65.3 Å². The quantitative estimate of drug-likeness (QED) is 0.227. The Morgan fingerprint density at radius 1 is 0.921 bits per heavy atom. The van der Waals surface area contributed by atoms with Crippen molar-refractivity contribution >= 4 is 5.97 Å². The van der Waals surface area contributed by atoms with Gasteiger partial charge in [0.2, 0.25) is 0 Å². The molecule has 2 atom stereocenters. The molecule has 0 aliphatic rings. The SMILES string of the molecule is Cc1cc(CC(CC(C)C)c2ccc(C(O)NCCC(=O)O)cc2)cc(C)c1-c1ccc(C(F)(F)F)cc1. The summed E-state index contributed by atoms with van der Waals surface area (Å²) in [5, 5.41) is 21.9. The summed E-state index contributed by atoms with van der Waals surface area (Å²) in [5.41, 5.74) is 6.11. The summed E-state index contributed by atoms with van der Waals surface area (Å²) < 4.78 is 39.0. The average molecular weight is 528 g/mol. The molecule has 0 saturated heterocycles. The van der Waals surface area contributed by atoms with Crippen molar-refractivity contribution in [2.24, 2.45) is 5.92 Å². The van der Waals surface area contributed by atoms with E-state index in [1.807, 2.05) is 38.1 Å². The highest BCUT2D eigenvalue weighted by Crippen LogP contribution is 2.35. The molecule has 38 heavy (non-hydrogen) atoms. The van der Waals surface area contributed by atoms with E-state index in [1.165, 1.54) is 17.7 Å². The van der Waals surface area contributed by atoms with Crippen molar-refractivity contribution < 1.29 is 28.2 Å². The molecule has 0 aliphatic heterocycles. The van der Waals surface area contributed by atoms with E-state index in [1.54, 1.807) is 0 Å². The molecule has 0 spiro atoms. The Hall–Kier alpha value is -3.16. The first kappa shape index (κ1) is 29.4. The van der Waals surface area contributed by atoms with Crippen LogP contribution in [0.3, 0.4) is 0 Å². The van der Waals surface area contributed by atoms with Gasteiger partial charge in [-0.1, -0.05) is 62.4 Å². The molecule has 3 rings (SSSR count). The first-order chi connectivity index (χ1) is 17.8. The Labute approximate surface area is 222 Å². The highest BCUT2D eigenvalue weighted by Gasteiger charge is 2.30. The predicted molar refractivity (Wildman–Crippen MR) is 144 cm³/mol. The predicted octanol–water partition coefficient (Wildman–Crippen LogP) is 7.42. The molecule has 4 nitrogen and oxygen atoms in total. The Balaban J connectivity index is 1.80. The van der Waals surface area contributed by atoms with Crippen LogP contribution in [0.4, 0.5) is 13.2 Å². The summed E-state index contributed by atoms with van der Waals surface area (Å²) >= 11 is 0. The van der Waals surface area contributed by atoms with E-state index >= 15 is 0 Å². The number of rotatable bonds is 11. The van der Waals surface area contributed by atoms with E-state index in [0.717, 1.165) is 52.8 Å². The molecule has 3 aromatic carbocycles. The zero-order chi connectivity index (χ0) is 28.0. The van der Waals surface area contributed by atoms with E-state index in [4.69, 9.17) is 5.11 Å². The molecule has 0 amide bonds. The Morgan fingerprint density at radius 3 is 1.97 bits per heavy atom. The van der Waals surface area contributed by atoms with Crippen LogP contribution >= 0.6 is 0 Å². The summed E-state index contributed by atoms with van der Waals surface area (Å²) in [6.45, 7) is 8.53. The van der Waals surface area contributed by atoms with Gasteiger partial charge in [-0.3, -0.25) is 10.1 Å². The highest BCUT2D eigenvalue weighted by molar-refractivity contribution is 5.71. The Kier molecular flexibility index (Phi) is 9.74. The van der Waals surface area contributed by atoms with Crippen molar-refractivity contribution in [1.29, 1.82) is 0 Å². The number of carboxylic acids is 1. The minimum Gasteiger partial charge on any atom is -0.481 e. The van der Waals surface area contributed by atoms with Gasteiger partial charge in [-0.15, -0.1) is 0 Å². The summed E-state index contributed by atoms with van der Waals surface area (Å²) in [4.78, 5) is 10.7. The molecule has 3 aromatic rings. The Morgan fingerprint density at radius 2 is 1.47 bits per heavy atom. The number of alkyl halides is 3. The number of carboxylic acid groups (broad SMARTS) is 1. The van der Waals surface area contributed by atoms with Gasteiger partial charge in [0, 0.05) is 6.54 Å². The maximum Gasteiger partial charge on any atom is 0.416 e. The molecule has 0 radical (unpaired) electrons. The lowest BCUT2D eigenvalue weighted by Gasteiger charge is -2.22. The number of aliphatic carboxylic acids is 1. The fourth-order valence-corrected chi connectivity index (χ4v) is 5.03. The zero-order valence-corrected chi connectivity index (χ0v) is 22.3. The van der Waals surface area contributed by atoms with Gasteiger partial charge in [-0.25, -0.2) is 0 Å². The molecule has 0 saturated carbocycles. The van der Waals surface area contributed by atoms with E-state index in [2.05, 4.69) is 31.3 Å². The van der Waals surface area contributed by atoms with Crippen LogP contribution < -0.4 is 5.32 Å². The number of halogens is 3. The van der Waals surface area contributed by atoms with Crippen molar-refractivity contribution in [1.82, 2.24) is 5.32 Å². The maximum atomic E-state index is 13.0. The molecule has 0 heterocycles. The molecular weight excluding hydrogens is 491 g/mol. The fraction of sp³-hybridized carbons (Fsp3) is 0.387. The Bertz CT molecular complexity index is 1200. The smallest absolute Gasteiger partial charge is 0.416 e. The van der Waals surface area contributed by atoms with Crippen LogP contribution in [-0.2, 0) is 17.4 Å². The minimum absolute atomic E-state index is 0.0674. The second-order valence-electron chi connectivity index (χ2n) is 10.4. The lowest BCUT2D eigenvalue weighted by molar-refractivity contribution is -0.138. The van der Waals surface area contributed by atoms with Gasteiger partial charge >= 0.3 is 12.1 Å². The summed E-state index contributed by atoms with van der Waals surface area (Å²) in [6.07, 6.45) is -3.58. The largest absolute Gasteiger partial charge is 0.481 e. The maximum absolute atomic E-state index is 13.0. The van der Waals surface area contributed by atoms with Crippen LogP contribution in [0, 0.1) is 19.8 Å². The van der Waals surface area contributed by atoms with Crippen molar-refractivity contribution in [3.8, 4) is 11.1 Å². The molecule has 3 N–H and O–H groups in total. The van der Waals surface area contributed by atoms with Gasteiger partial charge in [0.1, 0.15) is 6.23 Å². The molecule has 0 bridgehead atoms. The molecule has 2 unspecified atom stereocenters. The van der Waals surface area contributed by atoms with Crippen molar-refractivity contribution in [2.75, 3.05) is 6.54 Å². The van der Waals surface area contributed by atoms with Crippen LogP contribution in [0.5, 0.6) is 0 Å². The lowest BCUT2D eigenvalue weighted by atomic mass is 9.83. The van der Waals surface area contributed by atoms with Gasteiger partial charge in [-0.05, 0) is 89.6 Å². The third-order valence-electron chi connectivity index (χ3n) is 6.73. The monoisotopic (exact) mass is 527 g/mol. The fourth-order valence-electron chi connectivity index (χ4n) is 5.03. The molecule has 0 fully saturated rings. The van der Waals surface area contributed by atoms with Gasteiger partial charge in [0.25, 0.3) is 0 Å². The first-order valence-electron chi connectivity index (χ1n) is 12.9. The van der Waals surface area contributed by atoms with Crippen molar-refractivity contribution in [3.63, 3.8) is 0 Å². The third-order valence-corrected chi connectivity index (χ3v) is 6.73. The minimum atomic E-state index is -4.36. The summed E-state index contributed by atoms with van der Waals surface area (Å²) in [5.74, 6) is -0.206.